The van der Waals surface area contributed by atoms with Crippen molar-refractivity contribution in [2.45, 2.75) is 57.1 Å². The Morgan fingerprint density at radius 2 is 2.21 bits per heavy atom. The summed E-state index contributed by atoms with van der Waals surface area (Å²) in [6.45, 7) is 2.83. The van der Waals surface area contributed by atoms with Crippen molar-refractivity contribution in [2.75, 3.05) is 12.8 Å². The van der Waals surface area contributed by atoms with Crippen LogP contribution in [0.1, 0.15) is 43.0 Å². The standard InChI is InChI=1S/C17H23N3O2S2/c1-3-4-5-9-20-16(22)14-11-7-6-8-12(11)24-15(14)19-17(20)23-10-13(21)18-2/h3-10H2,1-2H3,(H,18,21). The molecular weight excluding hydrogens is 342 g/mol. The molecule has 0 radical (unpaired) electrons. The molecule has 1 amide bonds. The number of nitrogens with zero attached hydrogens (tertiary/aromatic N) is 2. The normalized spacial score (nSPS) is 13.4. The third-order valence-corrected chi connectivity index (χ3v) is 6.55. The van der Waals surface area contributed by atoms with Crippen molar-refractivity contribution in [3.63, 3.8) is 0 Å². The lowest BCUT2D eigenvalue weighted by atomic mass is 10.2. The number of thioether (sulfide) groups is 1. The molecular formula is C17H23N3O2S2. The van der Waals surface area contributed by atoms with Crippen LogP contribution in [0.2, 0.25) is 0 Å². The molecule has 0 atom stereocenters. The van der Waals surface area contributed by atoms with E-state index in [-0.39, 0.29) is 17.2 Å². The van der Waals surface area contributed by atoms with Crippen molar-refractivity contribution in [1.82, 2.24) is 14.9 Å². The molecule has 0 fully saturated rings. The van der Waals surface area contributed by atoms with Crippen LogP contribution >= 0.6 is 23.1 Å². The molecule has 2 aromatic rings. The van der Waals surface area contributed by atoms with E-state index in [0.29, 0.717) is 11.7 Å². The molecule has 0 saturated carbocycles. The van der Waals surface area contributed by atoms with E-state index in [4.69, 9.17) is 4.98 Å². The number of hydrogen-bond acceptors (Lipinski definition) is 5. The van der Waals surface area contributed by atoms with E-state index in [0.717, 1.165) is 48.7 Å². The first kappa shape index (κ1) is 17.5. The quantitative estimate of drug-likeness (QED) is 0.465. The molecule has 5 nitrogen and oxygen atoms in total. The second-order valence-electron chi connectivity index (χ2n) is 6.06. The molecule has 0 unspecified atom stereocenters. The minimum absolute atomic E-state index is 0.0527. The number of nitrogens with one attached hydrogen (secondary N) is 1. The number of aryl methyl sites for hydroxylation is 2. The van der Waals surface area contributed by atoms with Crippen molar-refractivity contribution in [1.29, 1.82) is 0 Å². The number of hydrogen-bond donors (Lipinski definition) is 1. The predicted octanol–water partition coefficient (Wildman–Crippen LogP) is 2.98. The van der Waals surface area contributed by atoms with Gasteiger partial charge in [0.15, 0.2) is 5.16 Å². The van der Waals surface area contributed by atoms with Gasteiger partial charge < -0.3 is 5.32 Å². The number of unbranched alkanes of at least 4 members (excludes halogenated alkanes) is 2. The molecule has 2 aromatic heterocycles. The van der Waals surface area contributed by atoms with E-state index in [2.05, 4.69) is 12.2 Å². The molecule has 0 saturated heterocycles. The molecule has 130 valence electrons. The van der Waals surface area contributed by atoms with Crippen molar-refractivity contribution in [2.24, 2.45) is 0 Å². The minimum atomic E-state index is -0.0527. The van der Waals surface area contributed by atoms with Crippen LogP contribution in [0.3, 0.4) is 0 Å². The van der Waals surface area contributed by atoms with Crippen LogP contribution in [-0.4, -0.2) is 28.3 Å². The highest BCUT2D eigenvalue weighted by molar-refractivity contribution is 7.99. The van der Waals surface area contributed by atoms with Gasteiger partial charge in [-0.25, -0.2) is 4.98 Å². The summed E-state index contributed by atoms with van der Waals surface area (Å²) in [4.78, 5) is 31.6. The third-order valence-electron chi connectivity index (χ3n) is 4.39. The second kappa shape index (κ2) is 7.70. The molecule has 0 aromatic carbocycles. The fourth-order valence-corrected chi connectivity index (χ4v) is 5.29. The molecule has 2 heterocycles. The van der Waals surface area contributed by atoms with Gasteiger partial charge in [-0.1, -0.05) is 31.5 Å². The van der Waals surface area contributed by atoms with E-state index >= 15 is 0 Å². The number of thiophene rings is 1. The van der Waals surface area contributed by atoms with Crippen LogP contribution in [0.5, 0.6) is 0 Å². The molecule has 3 rings (SSSR count). The molecule has 1 N–H and O–H groups in total. The van der Waals surface area contributed by atoms with Crippen molar-refractivity contribution < 1.29 is 4.79 Å². The first-order valence-electron chi connectivity index (χ1n) is 8.54. The van der Waals surface area contributed by atoms with Gasteiger partial charge in [0.25, 0.3) is 5.56 Å². The zero-order valence-electron chi connectivity index (χ0n) is 14.2. The summed E-state index contributed by atoms with van der Waals surface area (Å²) in [6, 6.07) is 0. The van der Waals surface area contributed by atoms with Gasteiger partial charge in [-0.2, -0.15) is 0 Å². The Balaban J connectivity index is 2.01. The van der Waals surface area contributed by atoms with Gasteiger partial charge in [-0.05, 0) is 31.2 Å². The number of aromatic nitrogens is 2. The zero-order valence-corrected chi connectivity index (χ0v) is 15.8. The highest BCUT2D eigenvalue weighted by Crippen LogP contribution is 2.35. The number of amides is 1. The van der Waals surface area contributed by atoms with Crippen LogP contribution in [0.15, 0.2) is 9.95 Å². The molecule has 0 bridgehead atoms. The van der Waals surface area contributed by atoms with Gasteiger partial charge in [0, 0.05) is 18.5 Å². The van der Waals surface area contributed by atoms with Gasteiger partial charge in [-0.3, -0.25) is 14.2 Å². The fraction of sp³-hybridized carbons (Fsp3) is 0.588. The van der Waals surface area contributed by atoms with Gasteiger partial charge in [0.2, 0.25) is 5.91 Å². The Hall–Kier alpha value is -1.34. The van der Waals surface area contributed by atoms with E-state index in [1.807, 2.05) is 0 Å². The number of rotatable bonds is 7. The van der Waals surface area contributed by atoms with Crippen LogP contribution < -0.4 is 10.9 Å². The number of carbonyl (C=O) groups excluding carboxylic acids is 1. The smallest absolute Gasteiger partial charge is 0.263 e. The summed E-state index contributed by atoms with van der Waals surface area (Å²) in [6.07, 6.45) is 6.35. The summed E-state index contributed by atoms with van der Waals surface area (Å²) < 4.78 is 1.79. The Kier molecular flexibility index (Phi) is 5.61. The zero-order chi connectivity index (χ0) is 17.1. The molecule has 1 aliphatic carbocycles. The van der Waals surface area contributed by atoms with Gasteiger partial charge in [-0.15, -0.1) is 11.3 Å². The van der Waals surface area contributed by atoms with E-state index in [9.17, 15) is 9.59 Å². The fourth-order valence-electron chi connectivity index (χ4n) is 3.09. The van der Waals surface area contributed by atoms with Crippen molar-refractivity contribution >= 4 is 39.2 Å². The number of fused-ring (bicyclic) bond motifs is 3. The first-order chi connectivity index (χ1) is 11.7. The van der Waals surface area contributed by atoms with E-state index in [1.165, 1.54) is 22.2 Å². The maximum absolute atomic E-state index is 13.1. The van der Waals surface area contributed by atoms with Crippen LogP contribution in [0.4, 0.5) is 0 Å². The van der Waals surface area contributed by atoms with Gasteiger partial charge in [0.1, 0.15) is 4.83 Å². The van der Waals surface area contributed by atoms with Gasteiger partial charge >= 0.3 is 0 Å². The van der Waals surface area contributed by atoms with E-state index < -0.39 is 0 Å². The lowest BCUT2D eigenvalue weighted by Gasteiger charge is -2.12. The Morgan fingerprint density at radius 3 is 2.96 bits per heavy atom. The lowest BCUT2D eigenvalue weighted by molar-refractivity contribution is -0.118. The van der Waals surface area contributed by atoms with Crippen LogP contribution in [0.25, 0.3) is 10.2 Å². The first-order valence-corrected chi connectivity index (χ1v) is 10.3. The van der Waals surface area contributed by atoms with Crippen molar-refractivity contribution in [3.8, 4) is 0 Å². The number of carbonyl (C=O) groups is 1. The second-order valence-corrected chi connectivity index (χ2v) is 8.08. The van der Waals surface area contributed by atoms with Crippen LogP contribution in [-0.2, 0) is 24.2 Å². The molecule has 24 heavy (non-hydrogen) atoms. The summed E-state index contributed by atoms with van der Waals surface area (Å²) in [5.74, 6) is 0.232. The van der Waals surface area contributed by atoms with Crippen molar-refractivity contribution in [3.05, 3.63) is 20.8 Å². The van der Waals surface area contributed by atoms with Gasteiger partial charge in [0.05, 0.1) is 11.1 Å². The third kappa shape index (κ3) is 3.37. The summed E-state index contributed by atoms with van der Waals surface area (Å²) in [7, 11) is 1.62. The molecule has 7 heteroatoms. The topological polar surface area (TPSA) is 64.0 Å². The Bertz CT molecular complexity index is 810. The Labute approximate surface area is 149 Å². The maximum atomic E-state index is 13.1. The minimum Gasteiger partial charge on any atom is -0.358 e. The summed E-state index contributed by atoms with van der Waals surface area (Å²) in [5.41, 5.74) is 1.30. The lowest BCUT2D eigenvalue weighted by Crippen LogP contribution is -2.25. The average molecular weight is 366 g/mol. The monoisotopic (exact) mass is 365 g/mol. The highest BCUT2D eigenvalue weighted by Gasteiger charge is 2.23. The highest BCUT2D eigenvalue weighted by atomic mass is 32.2. The Morgan fingerprint density at radius 1 is 1.38 bits per heavy atom. The average Bonchev–Trinajstić information content (AvgIpc) is 3.15. The van der Waals surface area contributed by atoms with E-state index in [1.54, 1.807) is 23.0 Å². The van der Waals surface area contributed by atoms with Crippen LogP contribution in [0, 0.1) is 0 Å². The predicted molar refractivity (Wildman–Crippen MR) is 100 cm³/mol. The maximum Gasteiger partial charge on any atom is 0.263 e. The molecule has 1 aliphatic rings. The SMILES string of the molecule is CCCCCn1c(SCC(=O)NC)nc2sc3c(c2c1=O)CCC3. The summed E-state index contributed by atoms with van der Waals surface area (Å²) in [5, 5.41) is 4.12. The molecule has 0 spiro atoms. The largest absolute Gasteiger partial charge is 0.358 e. The summed E-state index contributed by atoms with van der Waals surface area (Å²) >= 11 is 3.01. The molecule has 0 aliphatic heterocycles.